The minimum atomic E-state index is 0.562. The van der Waals surface area contributed by atoms with Crippen molar-refractivity contribution in [1.82, 2.24) is 29.3 Å². The minimum absolute atomic E-state index is 0.562. The van der Waals surface area contributed by atoms with Crippen molar-refractivity contribution in [3.63, 3.8) is 0 Å². The highest BCUT2D eigenvalue weighted by Crippen LogP contribution is 2.31. The van der Waals surface area contributed by atoms with Gasteiger partial charge in [-0.15, -0.1) is 0 Å². The van der Waals surface area contributed by atoms with E-state index in [-0.39, 0.29) is 0 Å². The molecule has 0 spiro atoms. The molecule has 1 saturated heterocycles. The molecule has 4 aromatic heterocycles. The molecule has 0 saturated carbocycles. The van der Waals surface area contributed by atoms with Crippen molar-refractivity contribution >= 4 is 21.8 Å². The van der Waals surface area contributed by atoms with E-state index in [9.17, 15) is 0 Å². The van der Waals surface area contributed by atoms with Crippen LogP contribution in [-0.2, 0) is 0 Å². The first-order chi connectivity index (χ1) is 12.2. The van der Waals surface area contributed by atoms with Crippen molar-refractivity contribution in [2.45, 2.75) is 32.6 Å². The molecule has 5 rings (SSSR count). The van der Waals surface area contributed by atoms with E-state index < -0.39 is 0 Å². The molecule has 0 radical (unpaired) electrons. The third kappa shape index (κ3) is 2.54. The topological polar surface area (TPSA) is 59.5 Å². The smallest absolute Gasteiger partial charge is 0.212 e. The van der Waals surface area contributed by atoms with E-state index in [4.69, 9.17) is 10.1 Å². The predicted molar refractivity (Wildman–Crippen MR) is 99.4 cm³/mol. The molecule has 25 heavy (non-hydrogen) atoms. The Morgan fingerprint density at radius 2 is 1.96 bits per heavy atom. The number of hydrogen-bond acceptors (Lipinski definition) is 5. The van der Waals surface area contributed by atoms with Gasteiger partial charge in [-0.1, -0.05) is 11.3 Å². The summed E-state index contributed by atoms with van der Waals surface area (Å²) in [6.07, 6.45) is 8.61. The molecule has 1 N–H and O–H groups in total. The number of nitrogens with zero attached hydrogens (tertiary/aromatic N) is 5. The summed E-state index contributed by atoms with van der Waals surface area (Å²) in [6, 6.07) is 2.16. The molecule has 0 atom stereocenters. The summed E-state index contributed by atoms with van der Waals surface area (Å²) in [5.41, 5.74) is 5.50. The summed E-state index contributed by atoms with van der Waals surface area (Å²) in [5.74, 6) is 0.562. The Morgan fingerprint density at radius 3 is 2.76 bits per heavy atom. The molecule has 0 bridgehead atoms. The quantitative estimate of drug-likeness (QED) is 0.602. The van der Waals surface area contributed by atoms with Crippen LogP contribution in [-0.4, -0.2) is 37.1 Å². The van der Waals surface area contributed by atoms with Gasteiger partial charge in [-0.3, -0.25) is 4.98 Å². The Balaban J connectivity index is 1.52. The number of nitrogens with one attached hydrogen (secondary N) is 1. The van der Waals surface area contributed by atoms with Gasteiger partial charge in [0.2, 0.25) is 4.96 Å². The van der Waals surface area contributed by atoms with Crippen LogP contribution in [0, 0.1) is 13.8 Å². The lowest BCUT2D eigenvalue weighted by Crippen LogP contribution is -2.26. The second-order valence-corrected chi connectivity index (χ2v) is 7.77. The van der Waals surface area contributed by atoms with E-state index in [0.29, 0.717) is 5.92 Å². The lowest BCUT2D eigenvalue weighted by Gasteiger charge is -2.20. The predicted octanol–water partition coefficient (Wildman–Crippen LogP) is 3.19. The van der Waals surface area contributed by atoms with Gasteiger partial charge in [0.1, 0.15) is 5.01 Å². The Labute approximate surface area is 149 Å². The van der Waals surface area contributed by atoms with Crippen molar-refractivity contribution in [3.8, 4) is 10.6 Å². The van der Waals surface area contributed by atoms with E-state index in [0.717, 1.165) is 58.4 Å². The van der Waals surface area contributed by atoms with Crippen molar-refractivity contribution < 1.29 is 0 Å². The van der Waals surface area contributed by atoms with Crippen molar-refractivity contribution in [1.29, 1.82) is 0 Å². The molecule has 0 aromatic carbocycles. The lowest BCUT2D eigenvalue weighted by atomic mass is 9.95. The highest BCUT2D eigenvalue weighted by atomic mass is 32.1. The Morgan fingerprint density at radius 1 is 1.12 bits per heavy atom. The number of fused-ring (bicyclic) bond motifs is 2. The van der Waals surface area contributed by atoms with Gasteiger partial charge in [0.25, 0.3) is 0 Å². The molecule has 4 aromatic rings. The average Bonchev–Trinajstić information content (AvgIpc) is 3.27. The highest BCUT2D eigenvalue weighted by Gasteiger charge is 2.20. The zero-order chi connectivity index (χ0) is 17.0. The fourth-order valence-electron chi connectivity index (χ4n) is 3.69. The summed E-state index contributed by atoms with van der Waals surface area (Å²) in [4.78, 5) is 10.4. The molecule has 1 aliphatic rings. The van der Waals surface area contributed by atoms with Crippen LogP contribution in [0.15, 0.2) is 24.7 Å². The summed E-state index contributed by atoms with van der Waals surface area (Å²) in [7, 11) is 0. The largest absolute Gasteiger partial charge is 0.320 e. The maximum Gasteiger partial charge on any atom is 0.212 e. The van der Waals surface area contributed by atoms with Crippen LogP contribution in [0.25, 0.3) is 21.0 Å². The molecule has 5 heterocycles. The van der Waals surface area contributed by atoms with Crippen molar-refractivity contribution in [2.24, 2.45) is 0 Å². The van der Waals surface area contributed by atoms with Crippen LogP contribution >= 0.6 is 11.3 Å². The normalized spacial score (nSPS) is 16.2. The number of aromatic nitrogens is 5. The first-order valence-electron chi connectivity index (χ1n) is 8.70. The van der Waals surface area contributed by atoms with E-state index in [1.807, 2.05) is 18.4 Å². The first-order valence-corrected chi connectivity index (χ1v) is 9.52. The van der Waals surface area contributed by atoms with Gasteiger partial charge in [0.15, 0.2) is 0 Å². The second kappa shape index (κ2) is 5.64. The molecule has 1 aliphatic heterocycles. The molecular weight excluding hydrogens is 332 g/mol. The van der Waals surface area contributed by atoms with E-state index in [2.05, 4.69) is 39.4 Å². The molecule has 0 amide bonds. The summed E-state index contributed by atoms with van der Waals surface area (Å²) in [5, 5.41) is 9.18. The Bertz CT molecular complexity index is 1030. The minimum Gasteiger partial charge on any atom is -0.320 e. The first kappa shape index (κ1) is 15.0. The Hall–Kier alpha value is -2.25. The average molecular weight is 352 g/mol. The fraction of sp³-hybridized carbons (Fsp3) is 0.389. The molecule has 7 heteroatoms. The van der Waals surface area contributed by atoms with Gasteiger partial charge in [-0.2, -0.15) is 5.10 Å². The van der Waals surface area contributed by atoms with Crippen molar-refractivity contribution in [3.05, 3.63) is 41.7 Å². The number of hydrogen-bond donors (Lipinski definition) is 1. The van der Waals surface area contributed by atoms with Crippen LogP contribution < -0.4 is 5.32 Å². The zero-order valence-corrected chi connectivity index (χ0v) is 15.2. The number of piperidine rings is 1. The fourth-order valence-corrected chi connectivity index (χ4v) is 4.56. The van der Waals surface area contributed by atoms with Gasteiger partial charge in [-0.25, -0.2) is 9.50 Å². The van der Waals surface area contributed by atoms with E-state index >= 15 is 0 Å². The van der Waals surface area contributed by atoms with Crippen LogP contribution in [0.3, 0.4) is 0 Å². The number of rotatable bonds is 2. The van der Waals surface area contributed by atoms with E-state index in [1.54, 1.807) is 11.3 Å². The molecule has 0 unspecified atom stereocenters. The maximum absolute atomic E-state index is 4.84. The summed E-state index contributed by atoms with van der Waals surface area (Å²) in [6.45, 7) is 6.23. The van der Waals surface area contributed by atoms with Crippen LogP contribution in [0.2, 0.25) is 0 Å². The van der Waals surface area contributed by atoms with Crippen molar-refractivity contribution in [2.75, 3.05) is 13.1 Å². The number of imidazole rings is 1. The molecule has 0 aliphatic carbocycles. The van der Waals surface area contributed by atoms with E-state index in [1.165, 1.54) is 5.69 Å². The lowest BCUT2D eigenvalue weighted by molar-refractivity contribution is 0.454. The summed E-state index contributed by atoms with van der Waals surface area (Å²) < 4.78 is 4.08. The second-order valence-electron chi connectivity index (χ2n) is 6.81. The van der Waals surface area contributed by atoms with Gasteiger partial charge in [-0.05, 0) is 45.8 Å². The highest BCUT2D eigenvalue weighted by molar-refractivity contribution is 7.19. The third-order valence-corrected chi connectivity index (χ3v) is 5.93. The molecule has 1 fully saturated rings. The van der Waals surface area contributed by atoms with Crippen LogP contribution in [0.1, 0.15) is 35.8 Å². The molecule has 6 nitrogen and oxygen atoms in total. The molecule has 128 valence electrons. The molecular formula is C18H20N6S. The number of aryl methyl sites for hydroxylation is 2. The third-order valence-electron chi connectivity index (χ3n) is 4.96. The van der Waals surface area contributed by atoms with Gasteiger partial charge in [0, 0.05) is 23.9 Å². The Kier molecular flexibility index (Phi) is 3.39. The van der Waals surface area contributed by atoms with Gasteiger partial charge < -0.3 is 9.72 Å². The van der Waals surface area contributed by atoms with Gasteiger partial charge in [0.05, 0.1) is 28.8 Å². The zero-order valence-electron chi connectivity index (χ0n) is 14.4. The standard InChI is InChI=1S/C18H20N6S/c1-11-8-23-9-14(7-16(23)12(2)20-11)17-22-24-10-15(21-18(24)25-17)13-3-5-19-6-4-13/h7-10,13,19H,3-6H2,1-2H3. The van der Waals surface area contributed by atoms with Gasteiger partial charge >= 0.3 is 0 Å². The summed E-state index contributed by atoms with van der Waals surface area (Å²) >= 11 is 1.65. The van der Waals surface area contributed by atoms with Crippen LogP contribution in [0.5, 0.6) is 0 Å². The monoisotopic (exact) mass is 352 g/mol. The van der Waals surface area contributed by atoms with Crippen LogP contribution in [0.4, 0.5) is 0 Å². The SMILES string of the molecule is Cc1cn2cc(-c3nn4cc(C5CCNCC5)nc4s3)cc2c(C)n1. The maximum atomic E-state index is 4.84.